The zero-order valence-electron chi connectivity index (χ0n) is 20.3. The van der Waals surface area contributed by atoms with Gasteiger partial charge in [0.15, 0.2) is 0 Å². The molecule has 0 radical (unpaired) electrons. The minimum Gasteiger partial charge on any atom is -0.393 e. The molecule has 29 heavy (non-hydrogen) atoms. The molecule has 5 fully saturated rings. The second kappa shape index (κ2) is 6.26. The Bertz CT molecular complexity index is 667. The zero-order valence-corrected chi connectivity index (χ0v) is 20.3. The summed E-state index contributed by atoms with van der Waals surface area (Å²) in [6, 6.07) is 0. The van der Waals surface area contributed by atoms with Crippen LogP contribution in [-0.4, -0.2) is 11.2 Å². The molecule has 0 heterocycles. The molecule has 1 heteroatoms. The molecule has 0 aromatic rings. The number of hydrogen-bond donors (Lipinski definition) is 1. The first-order valence-corrected chi connectivity index (χ1v) is 13.2. The smallest absolute Gasteiger partial charge is 0.0543 e. The third-order valence-corrected chi connectivity index (χ3v) is 12.9. The van der Waals surface area contributed by atoms with E-state index in [0.29, 0.717) is 27.1 Å². The molecular formula is C28H48O. The first-order valence-electron chi connectivity index (χ1n) is 13.2. The van der Waals surface area contributed by atoms with Crippen molar-refractivity contribution in [3.05, 3.63) is 0 Å². The summed E-state index contributed by atoms with van der Waals surface area (Å²) in [5, 5.41) is 10.4. The molecule has 0 aromatic heterocycles. The SMILES string of the molecule is CC1(C)CCC[C@]2(C)[C@H]3CC[C@@H]4[C@@]5(C)CC[C@H](O)C[C@@H]5CC[C@@]4(C)[C@]3(C)CC[C@@H]12. The molecule has 0 unspecified atom stereocenters. The van der Waals surface area contributed by atoms with Gasteiger partial charge in [0.2, 0.25) is 0 Å². The number of aliphatic hydroxyl groups excluding tert-OH is 1. The van der Waals surface area contributed by atoms with Crippen LogP contribution in [0.25, 0.3) is 0 Å². The summed E-state index contributed by atoms with van der Waals surface area (Å²) in [5.41, 5.74) is 2.58. The molecule has 0 aromatic carbocycles. The van der Waals surface area contributed by atoms with Crippen molar-refractivity contribution in [1.29, 1.82) is 0 Å². The molecule has 0 amide bonds. The highest BCUT2D eigenvalue weighted by molar-refractivity contribution is 5.18. The van der Waals surface area contributed by atoms with E-state index < -0.39 is 0 Å². The maximum Gasteiger partial charge on any atom is 0.0543 e. The van der Waals surface area contributed by atoms with Gasteiger partial charge in [-0.25, -0.2) is 0 Å². The minimum atomic E-state index is -0.0248. The van der Waals surface area contributed by atoms with E-state index in [-0.39, 0.29) is 6.10 Å². The van der Waals surface area contributed by atoms with Gasteiger partial charge in [-0.05, 0) is 121 Å². The van der Waals surface area contributed by atoms with Crippen LogP contribution in [0, 0.1) is 50.7 Å². The fraction of sp³-hybridized carbons (Fsp3) is 1.00. The maximum atomic E-state index is 10.4. The summed E-state index contributed by atoms with van der Waals surface area (Å²) in [7, 11) is 0. The first kappa shape index (κ1) is 20.8. The minimum absolute atomic E-state index is 0.0248. The van der Waals surface area contributed by atoms with Crippen molar-refractivity contribution >= 4 is 0 Å². The lowest BCUT2D eigenvalue weighted by Gasteiger charge is -2.73. The molecule has 5 rings (SSSR count). The molecule has 0 spiro atoms. The molecule has 1 nitrogen and oxygen atoms in total. The monoisotopic (exact) mass is 400 g/mol. The summed E-state index contributed by atoms with van der Waals surface area (Å²) in [6.45, 7) is 16.1. The Morgan fingerprint density at radius 3 is 1.90 bits per heavy atom. The van der Waals surface area contributed by atoms with Crippen LogP contribution in [0.2, 0.25) is 0 Å². The van der Waals surface area contributed by atoms with Crippen LogP contribution in [0.5, 0.6) is 0 Å². The Kier molecular flexibility index (Phi) is 4.50. The third kappa shape index (κ3) is 2.55. The molecule has 9 atom stereocenters. The van der Waals surface area contributed by atoms with Crippen molar-refractivity contribution in [3.8, 4) is 0 Å². The van der Waals surface area contributed by atoms with Gasteiger partial charge in [-0.1, -0.05) is 48.0 Å². The first-order chi connectivity index (χ1) is 13.5. The maximum absolute atomic E-state index is 10.4. The van der Waals surface area contributed by atoms with Crippen molar-refractivity contribution in [2.45, 2.75) is 125 Å². The van der Waals surface area contributed by atoms with Gasteiger partial charge in [0, 0.05) is 0 Å². The van der Waals surface area contributed by atoms with Gasteiger partial charge in [-0.15, -0.1) is 0 Å². The lowest BCUT2D eigenvalue weighted by atomic mass is 9.31. The van der Waals surface area contributed by atoms with Gasteiger partial charge in [-0.3, -0.25) is 0 Å². The van der Waals surface area contributed by atoms with Crippen LogP contribution < -0.4 is 0 Å². The quantitative estimate of drug-likeness (QED) is 0.443. The van der Waals surface area contributed by atoms with E-state index in [1.54, 1.807) is 0 Å². The lowest BCUT2D eigenvalue weighted by molar-refractivity contribution is -0.249. The molecule has 0 saturated heterocycles. The second-order valence-electron chi connectivity index (χ2n) is 14.1. The predicted octanol–water partition coefficient (Wildman–Crippen LogP) is 7.61. The Morgan fingerprint density at radius 1 is 0.586 bits per heavy atom. The topological polar surface area (TPSA) is 20.2 Å². The number of fused-ring (bicyclic) bond motifs is 7. The molecule has 5 aliphatic rings. The van der Waals surface area contributed by atoms with Crippen molar-refractivity contribution in [2.24, 2.45) is 50.7 Å². The molecule has 1 N–H and O–H groups in total. The summed E-state index contributed by atoms with van der Waals surface area (Å²) >= 11 is 0. The summed E-state index contributed by atoms with van der Waals surface area (Å²) in [4.78, 5) is 0. The fourth-order valence-electron chi connectivity index (χ4n) is 11.3. The van der Waals surface area contributed by atoms with Gasteiger partial charge < -0.3 is 5.11 Å². The molecule has 5 saturated carbocycles. The largest absolute Gasteiger partial charge is 0.393 e. The number of hydrogen-bond acceptors (Lipinski definition) is 1. The van der Waals surface area contributed by atoms with Crippen LogP contribution in [0.15, 0.2) is 0 Å². The fourth-order valence-corrected chi connectivity index (χ4v) is 11.3. The lowest BCUT2D eigenvalue weighted by Crippen LogP contribution is -2.66. The Labute approximate surface area is 180 Å². The van der Waals surface area contributed by atoms with Gasteiger partial charge >= 0.3 is 0 Å². The molecular weight excluding hydrogens is 352 g/mol. The normalized spacial score (nSPS) is 59.1. The van der Waals surface area contributed by atoms with E-state index in [2.05, 4.69) is 41.5 Å². The van der Waals surface area contributed by atoms with Gasteiger partial charge in [0.25, 0.3) is 0 Å². The Morgan fingerprint density at radius 2 is 1.21 bits per heavy atom. The summed E-state index contributed by atoms with van der Waals surface area (Å²) in [5.74, 6) is 3.49. The average molecular weight is 401 g/mol. The highest BCUT2D eigenvalue weighted by Crippen LogP contribution is 2.77. The van der Waals surface area contributed by atoms with Crippen molar-refractivity contribution in [3.63, 3.8) is 0 Å². The van der Waals surface area contributed by atoms with E-state index in [4.69, 9.17) is 0 Å². The highest BCUT2D eigenvalue weighted by atomic mass is 16.3. The van der Waals surface area contributed by atoms with Crippen LogP contribution in [0.4, 0.5) is 0 Å². The van der Waals surface area contributed by atoms with E-state index in [0.717, 1.165) is 36.5 Å². The van der Waals surface area contributed by atoms with E-state index in [9.17, 15) is 5.11 Å². The second-order valence-corrected chi connectivity index (χ2v) is 14.1. The zero-order chi connectivity index (χ0) is 20.9. The Balaban J connectivity index is 1.53. The predicted molar refractivity (Wildman–Crippen MR) is 122 cm³/mol. The van der Waals surface area contributed by atoms with Crippen LogP contribution in [0.3, 0.4) is 0 Å². The van der Waals surface area contributed by atoms with Gasteiger partial charge in [-0.2, -0.15) is 0 Å². The van der Waals surface area contributed by atoms with E-state index in [1.807, 2.05) is 0 Å². The Hall–Kier alpha value is -0.0400. The molecule has 5 aliphatic carbocycles. The van der Waals surface area contributed by atoms with Crippen molar-refractivity contribution in [2.75, 3.05) is 0 Å². The van der Waals surface area contributed by atoms with Crippen LogP contribution >= 0.6 is 0 Å². The van der Waals surface area contributed by atoms with E-state index >= 15 is 0 Å². The molecule has 0 aliphatic heterocycles. The standard InChI is InChI=1S/C28H48O/c1-24(2)13-7-14-26(4)21(24)12-17-28(6)23(26)9-8-22-25(3)15-11-20(29)18-19(25)10-16-27(22,28)5/h19-23,29H,7-18H2,1-6H3/t19-,20-,21-,22+,23+,25-,26-,27+,28+/m0/s1. The van der Waals surface area contributed by atoms with Crippen LogP contribution in [0.1, 0.15) is 119 Å². The summed E-state index contributed by atoms with van der Waals surface area (Å²) in [6.07, 6.45) is 16.4. The number of aliphatic hydroxyl groups is 1. The van der Waals surface area contributed by atoms with Crippen molar-refractivity contribution < 1.29 is 5.11 Å². The number of rotatable bonds is 0. The summed E-state index contributed by atoms with van der Waals surface area (Å²) < 4.78 is 0. The highest BCUT2D eigenvalue weighted by Gasteiger charge is 2.69. The average Bonchev–Trinajstić information content (AvgIpc) is 2.62. The van der Waals surface area contributed by atoms with Crippen molar-refractivity contribution in [1.82, 2.24) is 0 Å². The molecule has 166 valence electrons. The van der Waals surface area contributed by atoms with Gasteiger partial charge in [0.1, 0.15) is 0 Å². The van der Waals surface area contributed by atoms with E-state index in [1.165, 1.54) is 64.2 Å². The van der Waals surface area contributed by atoms with Gasteiger partial charge in [0.05, 0.1) is 6.10 Å². The third-order valence-electron chi connectivity index (χ3n) is 12.9. The molecule has 0 bridgehead atoms. The van der Waals surface area contributed by atoms with Crippen LogP contribution in [-0.2, 0) is 0 Å².